The number of aromatic nitrogens is 2. The van der Waals surface area contributed by atoms with Crippen LogP contribution < -0.4 is 10.2 Å². The minimum Gasteiger partial charge on any atom is -0.394 e. The van der Waals surface area contributed by atoms with Crippen molar-refractivity contribution < 1.29 is 18.1 Å². The van der Waals surface area contributed by atoms with Crippen molar-refractivity contribution in [2.75, 3.05) is 29.9 Å². The van der Waals surface area contributed by atoms with Crippen LogP contribution in [0, 0.1) is 5.41 Å². The first-order valence-electron chi connectivity index (χ1n) is 12.3. The Morgan fingerprint density at radius 1 is 1.11 bits per heavy atom. The second kappa shape index (κ2) is 8.35. The number of halogens is 3. The van der Waals surface area contributed by atoms with Crippen LogP contribution in [-0.2, 0) is 17.2 Å². The van der Waals surface area contributed by atoms with Crippen LogP contribution in [0.25, 0.3) is 0 Å². The summed E-state index contributed by atoms with van der Waals surface area (Å²) in [5, 5.41) is 10.5. The fraction of sp³-hybridized carbons (Fsp3) is 0.600. The third-order valence-corrected chi connectivity index (χ3v) is 10.2. The predicted molar refractivity (Wildman–Crippen MR) is 132 cm³/mol. The highest BCUT2D eigenvalue weighted by molar-refractivity contribution is 7.86. The molecule has 6 rings (SSSR count). The molecule has 4 aliphatic rings. The molecule has 2 aliphatic carbocycles. The van der Waals surface area contributed by atoms with Crippen LogP contribution in [-0.4, -0.2) is 49.8 Å². The Labute approximate surface area is 210 Å². The lowest BCUT2D eigenvalue weighted by Gasteiger charge is -2.53. The zero-order chi connectivity index (χ0) is 24.4. The number of rotatable bonds is 5. The number of alkyl halides is 2. The molecule has 0 radical (unpaired) electrons. The summed E-state index contributed by atoms with van der Waals surface area (Å²) in [5.41, 5.74) is 1.10. The Bertz CT molecular complexity index is 1150. The first kappa shape index (κ1) is 23.6. The smallest absolute Gasteiger partial charge is 0.331 e. The van der Waals surface area contributed by atoms with Crippen molar-refractivity contribution >= 4 is 34.2 Å². The first-order chi connectivity index (χ1) is 16.7. The molecule has 0 bridgehead atoms. The van der Waals surface area contributed by atoms with E-state index in [0.29, 0.717) is 11.9 Å². The summed E-state index contributed by atoms with van der Waals surface area (Å²) in [6, 6.07) is 8.13. The molecule has 3 heterocycles. The van der Waals surface area contributed by atoms with Crippen LogP contribution in [0.15, 0.2) is 29.2 Å². The van der Waals surface area contributed by atoms with Gasteiger partial charge in [0.05, 0.1) is 24.3 Å². The third kappa shape index (κ3) is 4.03. The van der Waals surface area contributed by atoms with Crippen LogP contribution in [0.4, 0.5) is 20.5 Å². The van der Waals surface area contributed by atoms with Gasteiger partial charge in [-0.15, -0.1) is 0 Å². The average Bonchev–Trinajstić information content (AvgIpc) is 3.03. The summed E-state index contributed by atoms with van der Waals surface area (Å²) in [5.74, 6) is 1.15. The van der Waals surface area contributed by atoms with E-state index in [4.69, 9.17) is 11.6 Å². The van der Waals surface area contributed by atoms with Gasteiger partial charge in [-0.25, -0.2) is 9.19 Å². The molecule has 10 heteroatoms. The van der Waals surface area contributed by atoms with Crippen LogP contribution in [0.1, 0.15) is 62.1 Å². The lowest BCUT2D eigenvalue weighted by Crippen LogP contribution is -2.58. The number of nitrogens with zero attached hydrogens (tertiary/aromatic N) is 3. The van der Waals surface area contributed by atoms with E-state index in [0.717, 1.165) is 63.1 Å². The number of nitrogens with one attached hydrogen (secondary N) is 1. The highest BCUT2D eigenvalue weighted by atomic mass is 35.5. The molecule has 2 aromatic rings. The molecule has 3 fully saturated rings. The normalized spacial score (nSPS) is 26.2. The minimum absolute atomic E-state index is 0.00261. The van der Waals surface area contributed by atoms with Crippen molar-refractivity contribution in [3.05, 3.63) is 40.5 Å². The van der Waals surface area contributed by atoms with Crippen molar-refractivity contribution in [1.82, 2.24) is 9.97 Å². The van der Waals surface area contributed by atoms with Gasteiger partial charge in [0.15, 0.2) is 0 Å². The molecular formula is C25H29ClF2N4O2S. The first-order valence-corrected chi connectivity index (χ1v) is 13.8. The highest BCUT2D eigenvalue weighted by Gasteiger charge is 2.51. The monoisotopic (exact) mass is 522 g/mol. The number of anilines is 2. The number of hydrogen-bond donors (Lipinski definition) is 2. The number of benzene rings is 1. The lowest BCUT2D eigenvalue weighted by atomic mass is 9.65. The zero-order valence-corrected chi connectivity index (χ0v) is 21.0. The second-order valence-electron chi connectivity index (χ2n) is 10.8. The van der Waals surface area contributed by atoms with Gasteiger partial charge in [-0.2, -0.15) is 13.8 Å². The van der Waals surface area contributed by atoms with Crippen molar-refractivity contribution in [3.8, 4) is 0 Å². The van der Waals surface area contributed by atoms with Crippen molar-refractivity contribution in [2.24, 2.45) is 5.41 Å². The third-order valence-electron chi connectivity index (χ3n) is 8.47. The molecule has 2 aliphatic heterocycles. The largest absolute Gasteiger partial charge is 0.394 e. The van der Waals surface area contributed by atoms with Gasteiger partial charge in [0.1, 0.15) is 21.5 Å². The quantitative estimate of drug-likeness (QED) is 0.583. The lowest BCUT2D eigenvalue weighted by molar-refractivity contribution is 0.103. The summed E-state index contributed by atoms with van der Waals surface area (Å²) in [6.45, 7) is 1.47. The van der Waals surface area contributed by atoms with Crippen molar-refractivity contribution in [3.63, 3.8) is 0 Å². The summed E-state index contributed by atoms with van der Waals surface area (Å²) in [7, 11) is -2.50. The van der Waals surface area contributed by atoms with Gasteiger partial charge in [0.25, 0.3) is 0 Å². The highest BCUT2D eigenvalue weighted by Crippen LogP contribution is 2.50. The Balaban J connectivity index is 1.19. The predicted octanol–water partition coefficient (Wildman–Crippen LogP) is 4.88. The molecule has 6 nitrogen and oxygen atoms in total. The van der Waals surface area contributed by atoms with E-state index in [2.05, 4.69) is 32.3 Å². The molecular weight excluding hydrogens is 494 g/mol. The van der Waals surface area contributed by atoms with Gasteiger partial charge < -0.3 is 15.3 Å². The Morgan fingerprint density at radius 3 is 2.40 bits per heavy atom. The Kier molecular flexibility index (Phi) is 5.62. The van der Waals surface area contributed by atoms with Crippen LogP contribution >= 0.6 is 11.6 Å². The maximum absolute atomic E-state index is 14.4. The average molecular weight is 523 g/mol. The molecule has 2 saturated carbocycles. The van der Waals surface area contributed by atoms with E-state index in [9.17, 15) is 18.1 Å². The maximum Gasteiger partial charge on any atom is 0.331 e. The van der Waals surface area contributed by atoms with Crippen LogP contribution in [0.5, 0.6) is 0 Å². The molecule has 1 saturated heterocycles. The molecule has 0 amide bonds. The molecule has 1 spiro atoms. The summed E-state index contributed by atoms with van der Waals surface area (Å²) >= 11 is 6.03. The van der Waals surface area contributed by atoms with Crippen LogP contribution in [0.3, 0.4) is 0 Å². The van der Waals surface area contributed by atoms with Crippen molar-refractivity contribution in [1.29, 1.82) is 0 Å². The fourth-order valence-electron chi connectivity index (χ4n) is 6.13. The van der Waals surface area contributed by atoms with Gasteiger partial charge in [0.2, 0.25) is 5.95 Å². The van der Waals surface area contributed by atoms with E-state index in [1.807, 2.05) is 12.1 Å². The van der Waals surface area contributed by atoms with E-state index in [1.54, 1.807) is 0 Å². The zero-order valence-electron chi connectivity index (χ0n) is 19.4. The summed E-state index contributed by atoms with van der Waals surface area (Å²) in [6.07, 6.45) is 6.16. The standard InChI is InChI=1S/C25H29ClF2N4O2S/c26-18-4-2-16(3-5-18)17-6-10-23(11-7-17)13-32(14-23)22-29-19-12-25(27,28)35(34)20(19)21(30-22)31-24(15-33)8-1-9-24/h2-5,17,33H,1,6-15H2,(H,29,30,31)/t35-/m1/s1. The molecule has 2 N–H and O–H groups in total. The van der Waals surface area contributed by atoms with Crippen LogP contribution in [0.2, 0.25) is 5.02 Å². The number of fused-ring (bicyclic) bond motifs is 1. The van der Waals surface area contributed by atoms with Gasteiger partial charge in [-0.3, -0.25) is 0 Å². The second-order valence-corrected chi connectivity index (χ2v) is 12.8. The maximum atomic E-state index is 14.4. The van der Waals surface area contributed by atoms with Gasteiger partial charge in [0, 0.05) is 23.5 Å². The number of aliphatic hydroxyl groups is 1. The summed E-state index contributed by atoms with van der Waals surface area (Å²) < 4.78 is 41.3. The Hall–Kier alpha value is -1.84. The number of aliphatic hydroxyl groups excluding tert-OH is 1. The van der Waals surface area contributed by atoms with E-state index in [1.165, 1.54) is 5.56 Å². The van der Waals surface area contributed by atoms with Crippen molar-refractivity contribution in [2.45, 2.75) is 73.0 Å². The molecule has 1 atom stereocenters. The molecule has 35 heavy (non-hydrogen) atoms. The summed E-state index contributed by atoms with van der Waals surface area (Å²) in [4.78, 5) is 11.1. The molecule has 0 unspecified atom stereocenters. The van der Waals surface area contributed by atoms with E-state index >= 15 is 0 Å². The molecule has 188 valence electrons. The van der Waals surface area contributed by atoms with Gasteiger partial charge >= 0.3 is 5.25 Å². The van der Waals surface area contributed by atoms with E-state index in [-0.39, 0.29) is 28.4 Å². The van der Waals surface area contributed by atoms with E-state index < -0.39 is 28.0 Å². The minimum atomic E-state index is -3.35. The Morgan fingerprint density at radius 2 is 1.80 bits per heavy atom. The van der Waals surface area contributed by atoms with Gasteiger partial charge in [-0.1, -0.05) is 23.7 Å². The topological polar surface area (TPSA) is 78.4 Å². The molecule has 1 aromatic heterocycles. The molecule has 1 aromatic carbocycles. The number of hydrogen-bond acceptors (Lipinski definition) is 6. The van der Waals surface area contributed by atoms with Gasteiger partial charge in [-0.05, 0) is 68.6 Å². The SMILES string of the molecule is O=[S@@]1c2c(nc(N3CC4(CCC(c5ccc(Cl)cc5)CC4)C3)nc2NC2(CO)CCC2)CC1(F)F. The fourth-order valence-corrected chi connectivity index (χ4v) is 7.43.